The van der Waals surface area contributed by atoms with Gasteiger partial charge in [0, 0.05) is 39.3 Å². The summed E-state index contributed by atoms with van der Waals surface area (Å²) in [7, 11) is 1.93. The number of piperidine rings is 2. The summed E-state index contributed by atoms with van der Waals surface area (Å²) in [6.07, 6.45) is 6.75. The smallest absolute Gasteiger partial charge is 0.193 e. The summed E-state index contributed by atoms with van der Waals surface area (Å²) in [6, 6.07) is 11.7. The van der Waals surface area contributed by atoms with E-state index in [1.807, 2.05) is 7.05 Å². The molecule has 3 aliphatic rings. The lowest BCUT2D eigenvalue weighted by atomic mass is 9.83. The largest absolute Gasteiger partial charge is 0.356 e. The molecule has 1 aromatic rings. The summed E-state index contributed by atoms with van der Waals surface area (Å²) in [5.74, 6) is 2.81. The fourth-order valence-corrected chi connectivity index (χ4v) is 4.60. The van der Waals surface area contributed by atoms with Crippen molar-refractivity contribution in [3.8, 4) is 0 Å². The second-order valence-electron chi connectivity index (χ2n) is 8.03. The molecule has 2 heterocycles. The van der Waals surface area contributed by atoms with Crippen molar-refractivity contribution in [2.75, 3.05) is 33.2 Å². The first-order chi connectivity index (χ1) is 12.3. The predicted molar refractivity (Wildman–Crippen MR) is 119 cm³/mol. The number of likely N-dealkylation sites (tertiary alicyclic amines) is 2. The molecular weight excluding hydrogens is 435 g/mol. The molecule has 0 radical (unpaired) electrons. The first kappa shape index (κ1) is 19.9. The number of guanidine groups is 1. The number of fused-ring (bicyclic) bond motifs is 1. The van der Waals surface area contributed by atoms with Gasteiger partial charge in [-0.05, 0) is 56.0 Å². The molecule has 26 heavy (non-hydrogen) atoms. The van der Waals surface area contributed by atoms with Crippen LogP contribution in [0.15, 0.2) is 35.3 Å². The number of nitrogens with zero attached hydrogens (tertiary/aromatic N) is 3. The summed E-state index contributed by atoms with van der Waals surface area (Å²) >= 11 is 0. The molecule has 2 aliphatic heterocycles. The highest BCUT2D eigenvalue weighted by atomic mass is 127. The molecule has 2 unspecified atom stereocenters. The number of benzene rings is 1. The second-order valence-corrected chi connectivity index (χ2v) is 8.03. The van der Waals surface area contributed by atoms with Crippen LogP contribution in [0.2, 0.25) is 0 Å². The lowest BCUT2D eigenvalue weighted by molar-refractivity contribution is 0.0372. The van der Waals surface area contributed by atoms with Gasteiger partial charge in [0.15, 0.2) is 5.96 Å². The van der Waals surface area contributed by atoms with E-state index in [1.54, 1.807) is 0 Å². The van der Waals surface area contributed by atoms with Crippen molar-refractivity contribution in [1.82, 2.24) is 15.1 Å². The molecule has 1 aliphatic carbocycles. The van der Waals surface area contributed by atoms with Gasteiger partial charge in [-0.25, -0.2) is 0 Å². The molecule has 1 aromatic carbocycles. The van der Waals surface area contributed by atoms with Crippen LogP contribution in [0, 0.1) is 11.8 Å². The molecule has 0 aromatic heterocycles. The molecule has 0 amide bonds. The highest BCUT2D eigenvalue weighted by molar-refractivity contribution is 14.0. The maximum absolute atomic E-state index is 4.55. The van der Waals surface area contributed by atoms with Crippen LogP contribution in [0.4, 0.5) is 0 Å². The van der Waals surface area contributed by atoms with Crippen molar-refractivity contribution < 1.29 is 0 Å². The van der Waals surface area contributed by atoms with Gasteiger partial charge in [-0.1, -0.05) is 30.3 Å². The van der Waals surface area contributed by atoms with Crippen LogP contribution in [-0.2, 0) is 6.54 Å². The van der Waals surface area contributed by atoms with Gasteiger partial charge in [0.1, 0.15) is 0 Å². The van der Waals surface area contributed by atoms with E-state index in [1.165, 1.54) is 50.8 Å². The van der Waals surface area contributed by atoms with Gasteiger partial charge in [0.2, 0.25) is 0 Å². The standard InChI is InChI=1S/C21H32N4.HI/c1-22-21(23-14-17-9-10-17)25-13-11-20-19(16-25)8-5-12-24(20)15-18-6-3-2-4-7-18;/h2-4,6-7,17,19-20H,5,8-16H2,1H3,(H,22,23);1H. The van der Waals surface area contributed by atoms with E-state index in [2.05, 4.69) is 50.4 Å². The van der Waals surface area contributed by atoms with Crippen molar-refractivity contribution in [1.29, 1.82) is 0 Å². The first-order valence-electron chi connectivity index (χ1n) is 10.1. The SMILES string of the molecule is CN=C(NCC1CC1)N1CCC2C(CCCN2Cc2ccccc2)C1.I. The molecule has 144 valence electrons. The van der Waals surface area contributed by atoms with Crippen molar-refractivity contribution in [3.63, 3.8) is 0 Å². The zero-order valence-electron chi connectivity index (χ0n) is 15.9. The third-order valence-corrected chi connectivity index (χ3v) is 6.17. The fraction of sp³-hybridized carbons (Fsp3) is 0.667. The summed E-state index contributed by atoms with van der Waals surface area (Å²) in [5, 5.41) is 3.61. The Balaban J connectivity index is 0.00000196. The van der Waals surface area contributed by atoms with Crippen molar-refractivity contribution in [2.45, 2.75) is 44.7 Å². The quantitative estimate of drug-likeness (QED) is 0.417. The fourth-order valence-electron chi connectivity index (χ4n) is 4.60. The van der Waals surface area contributed by atoms with E-state index in [0.717, 1.165) is 43.5 Å². The monoisotopic (exact) mass is 468 g/mol. The number of hydrogen-bond donors (Lipinski definition) is 1. The van der Waals surface area contributed by atoms with Gasteiger partial charge in [-0.15, -0.1) is 24.0 Å². The van der Waals surface area contributed by atoms with Gasteiger partial charge >= 0.3 is 0 Å². The second kappa shape index (κ2) is 9.40. The van der Waals surface area contributed by atoms with E-state index in [4.69, 9.17) is 0 Å². The molecule has 1 saturated carbocycles. The summed E-state index contributed by atoms with van der Waals surface area (Å²) in [4.78, 5) is 9.80. The highest BCUT2D eigenvalue weighted by Crippen LogP contribution is 2.32. The van der Waals surface area contributed by atoms with Gasteiger partial charge in [0.25, 0.3) is 0 Å². The Morgan fingerprint density at radius 2 is 1.92 bits per heavy atom. The maximum atomic E-state index is 4.55. The molecule has 5 heteroatoms. The molecule has 2 atom stereocenters. The van der Waals surface area contributed by atoms with Crippen molar-refractivity contribution >= 4 is 29.9 Å². The summed E-state index contributed by atoms with van der Waals surface area (Å²) < 4.78 is 0. The third-order valence-electron chi connectivity index (χ3n) is 6.17. The Hall–Kier alpha value is -0.820. The average molecular weight is 468 g/mol. The van der Waals surface area contributed by atoms with E-state index in [9.17, 15) is 0 Å². The van der Waals surface area contributed by atoms with Crippen LogP contribution in [0.25, 0.3) is 0 Å². The molecule has 1 N–H and O–H groups in total. The van der Waals surface area contributed by atoms with E-state index in [0.29, 0.717) is 0 Å². The molecule has 4 nitrogen and oxygen atoms in total. The Morgan fingerprint density at radius 1 is 1.12 bits per heavy atom. The van der Waals surface area contributed by atoms with Crippen LogP contribution in [0.5, 0.6) is 0 Å². The normalized spacial score (nSPS) is 26.8. The zero-order chi connectivity index (χ0) is 17.1. The molecular formula is C21H33IN4. The Bertz CT molecular complexity index is 587. The minimum absolute atomic E-state index is 0. The average Bonchev–Trinajstić information content (AvgIpc) is 3.48. The molecule has 4 rings (SSSR count). The maximum Gasteiger partial charge on any atom is 0.193 e. The lowest BCUT2D eigenvalue weighted by Gasteiger charge is -2.48. The Labute approximate surface area is 175 Å². The zero-order valence-corrected chi connectivity index (χ0v) is 18.3. The third kappa shape index (κ3) is 4.91. The molecule has 3 fully saturated rings. The number of rotatable bonds is 4. The van der Waals surface area contributed by atoms with E-state index >= 15 is 0 Å². The highest BCUT2D eigenvalue weighted by Gasteiger charge is 2.36. The van der Waals surface area contributed by atoms with Crippen LogP contribution in [-0.4, -0.2) is 55.0 Å². The van der Waals surface area contributed by atoms with Gasteiger partial charge in [-0.2, -0.15) is 0 Å². The molecule has 2 saturated heterocycles. The van der Waals surface area contributed by atoms with Crippen LogP contribution in [0.1, 0.15) is 37.7 Å². The number of halogens is 1. The minimum atomic E-state index is 0. The van der Waals surface area contributed by atoms with Gasteiger partial charge < -0.3 is 10.2 Å². The first-order valence-corrected chi connectivity index (χ1v) is 10.1. The van der Waals surface area contributed by atoms with Gasteiger partial charge in [-0.3, -0.25) is 9.89 Å². The van der Waals surface area contributed by atoms with Crippen LogP contribution < -0.4 is 5.32 Å². The van der Waals surface area contributed by atoms with Crippen LogP contribution >= 0.6 is 24.0 Å². The summed E-state index contributed by atoms with van der Waals surface area (Å²) in [5.41, 5.74) is 1.45. The van der Waals surface area contributed by atoms with Gasteiger partial charge in [0.05, 0.1) is 0 Å². The lowest BCUT2D eigenvalue weighted by Crippen LogP contribution is -2.56. The van der Waals surface area contributed by atoms with Crippen molar-refractivity contribution in [3.05, 3.63) is 35.9 Å². The number of nitrogens with one attached hydrogen (secondary N) is 1. The minimum Gasteiger partial charge on any atom is -0.356 e. The van der Waals surface area contributed by atoms with Crippen molar-refractivity contribution in [2.24, 2.45) is 16.8 Å². The topological polar surface area (TPSA) is 30.9 Å². The van der Waals surface area contributed by atoms with E-state index in [-0.39, 0.29) is 24.0 Å². The number of aliphatic imine (C=N–C) groups is 1. The predicted octanol–water partition coefficient (Wildman–Crippen LogP) is 3.58. The van der Waals surface area contributed by atoms with Crippen LogP contribution in [0.3, 0.4) is 0 Å². The molecule has 0 bridgehead atoms. The van der Waals surface area contributed by atoms with E-state index < -0.39 is 0 Å². The molecule has 0 spiro atoms. The number of hydrogen-bond acceptors (Lipinski definition) is 2. The Morgan fingerprint density at radius 3 is 2.65 bits per heavy atom. The summed E-state index contributed by atoms with van der Waals surface area (Å²) in [6.45, 7) is 5.77. The Kier molecular flexibility index (Phi) is 7.20.